The van der Waals surface area contributed by atoms with E-state index in [1.807, 2.05) is 11.9 Å². The molecule has 0 aliphatic heterocycles. The summed E-state index contributed by atoms with van der Waals surface area (Å²) in [4.78, 5) is 25.5. The number of hydrogen-bond acceptors (Lipinski definition) is 2. The number of nitrogens with zero attached hydrogens (tertiary/aromatic N) is 2. The maximum atomic E-state index is 12.1. The van der Waals surface area contributed by atoms with Crippen LogP contribution in [0.1, 0.15) is 32.1 Å². The molecule has 0 atom stereocenters. The fourth-order valence-corrected chi connectivity index (χ4v) is 2.52. The molecule has 1 amide bonds. The van der Waals surface area contributed by atoms with Gasteiger partial charge in [0, 0.05) is 25.4 Å². The Morgan fingerprint density at radius 1 is 1.33 bits per heavy atom. The lowest BCUT2D eigenvalue weighted by Crippen LogP contribution is -2.41. The molecule has 2 rings (SSSR count). The lowest BCUT2D eigenvalue weighted by molar-refractivity contribution is -0.133. The summed E-state index contributed by atoms with van der Waals surface area (Å²) in [5.74, 6) is 0.0233. The first-order valence-electron chi connectivity index (χ1n) is 6.59. The highest BCUT2D eigenvalue weighted by Crippen LogP contribution is 2.21. The molecule has 1 heterocycles. The van der Waals surface area contributed by atoms with Gasteiger partial charge in [0.1, 0.15) is 6.54 Å². The smallest absolute Gasteiger partial charge is 0.250 e. The van der Waals surface area contributed by atoms with Crippen LogP contribution in [0.4, 0.5) is 0 Å². The van der Waals surface area contributed by atoms with Gasteiger partial charge in [-0.15, -0.1) is 0 Å². The second kappa shape index (κ2) is 5.85. The fourth-order valence-electron chi connectivity index (χ4n) is 2.52. The van der Waals surface area contributed by atoms with Crippen LogP contribution in [0.15, 0.2) is 29.2 Å². The second-order valence-electron chi connectivity index (χ2n) is 4.96. The van der Waals surface area contributed by atoms with Crippen LogP contribution in [-0.4, -0.2) is 28.5 Å². The first kappa shape index (κ1) is 12.9. The highest BCUT2D eigenvalue weighted by atomic mass is 16.2. The summed E-state index contributed by atoms with van der Waals surface area (Å²) < 4.78 is 1.46. The quantitative estimate of drug-likeness (QED) is 0.816. The minimum absolute atomic E-state index is 0.0233. The van der Waals surface area contributed by atoms with Crippen LogP contribution >= 0.6 is 0 Å². The molecular weight excluding hydrogens is 228 g/mol. The number of rotatable bonds is 3. The molecule has 0 saturated heterocycles. The molecule has 98 valence electrons. The van der Waals surface area contributed by atoms with Gasteiger partial charge in [-0.2, -0.15) is 0 Å². The van der Waals surface area contributed by atoms with E-state index in [1.165, 1.54) is 29.9 Å². The average molecular weight is 248 g/mol. The van der Waals surface area contributed by atoms with E-state index in [4.69, 9.17) is 0 Å². The van der Waals surface area contributed by atoms with Crippen molar-refractivity contribution in [3.8, 4) is 0 Å². The summed E-state index contributed by atoms with van der Waals surface area (Å²) >= 11 is 0. The zero-order chi connectivity index (χ0) is 13.0. The Morgan fingerprint density at radius 2 is 2.06 bits per heavy atom. The van der Waals surface area contributed by atoms with Crippen molar-refractivity contribution >= 4 is 5.91 Å². The van der Waals surface area contributed by atoms with Gasteiger partial charge in [0.05, 0.1) is 0 Å². The Labute approximate surface area is 107 Å². The predicted molar refractivity (Wildman–Crippen MR) is 70.3 cm³/mol. The van der Waals surface area contributed by atoms with Crippen LogP contribution in [-0.2, 0) is 11.3 Å². The third-order valence-corrected chi connectivity index (χ3v) is 3.72. The molecule has 4 heteroatoms. The van der Waals surface area contributed by atoms with Gasteiger partial charge in [-0.05, 0) is 18.9 Å². The number of pyridine rings is 1. The molecule has 0 unspecified atom stereocenters. The SMILES string of the molecule is CN(C(=O)Cn1ccccc1=O)C1CCCCC1. The van der Waals surface area contributed by atoms with Crippen molar-refractivity contribution in [1.82, 2.24) is 9.47 Å². The summed E-state index contributed by atoms with van der Waals surface area (Å²) in [6.07, 6.45) is 7.52. The Bertz CT molecular complexity index is 461. The van der Waals surface area contributed by atoms with Crippen LogP contribution in [0, 0.1) is 0 Å². The van der Waals surface area contributed by atoms with Crippen LogP contribution < -0.4 is 5.56 Å². The van der Waals surface area contributed by atoms with Gasteiger partial charge in [0.25, 0.3) is 5.56 Å². The molecular formula is C14H20N2O2. The van der Waals surface area contributed by atoms with Crippen LogP contribution in [0.25, 0.3) is 0 Å². The van der Waals surface area contributed by atoms with E-state index in [0.717, 1.165) is 12.8 Å². The van der Waals surface area contributed by atoms with E-state index in [0.29, 0.717) is 6.04 Å². The van der Waals surface area contributed by atoms with Crippen molar-refractivity contribution in [2.45, 2.75) is 44.7 Å². The number of hydrogen-bond donors (Lipinski definition) is 0. The van der Waals surface area contributed by atoms with Crippen molar-refractivity contribution < 1.29 is 4.79 Å². The van der Waals surface area contributed by atoms with Gasteiger partial charge in [0.2, 0.25) is 5.91 Å². The maximum Gasteiger partial charge on any atom is 0.250 e. The molecule has 0 bridgehead atoms. The Kier molecular flexibility index (Phi) is 4.18. The standard InChI is InChI=1S/C14H20N2O2/c1-15(12-7-3-2-4-8-12)14(18)11-16-10-6-5-9-13(16)17/h5-6,9-10,12H,2-4,7-8,11H2,1H3. The minimum atomic E-state index is -0.122. The van der Waals surface area contributed by atoms with Crippen molar-refractivity contribution in [3.63, 3.8) is 0 Å². The molecule has 18 heavy (non-hydrogen) atoms. The average Bonchev–Trinajstić information content (AvgIpc) is 2.41. The zero-order valence-corrected chi connectivity index (χ0v) is 10.8. The van der Waals surface area contributed by atoms with Crippen molar-refractivity contribution in [1.29, 1.82) is 0 Å². The van der Waals surface area contributed by atoms with Gasteiger partial charge >= 0.3 is 0 Å². The van der Waals surface area contributed by atoms with E-state index in [-0.39, 0.29) is 18.0 Å². The van der Waals surface area contributed by atoms with Crippen molar-refractivity contribution in [2.75, 3.05) is 7.05 Å². The Morgan fingerprint density at radius 3 is 2.72 bits per heavy atom. The second-order valence-corrected chi connectivity index (χ2v) is 4.96. The number of likely N-dealkylation sites (N-methyl/N-ethyl adjacent to an activating group) is 1. The van der Waals surface area contributed by atoms with E-state index in [2.05, 4.69) is 0 Å². The van der Waals surface area contributed by atoms with Crippen molar-refractivity contribution in [2.24, 2.45) is 0 Å². The minimum Gasteiger partial charge on any atom is -0.341 e. The highest BCUT2D eigenvalue weighted by molar-refractivity contribution is 5.76. The molecule has 1 fully saturated rings. The number of carbonyl (C=O) groups is 1. The van der Waals surface area contributed by atoms with Gasteiger partial charge < -0.3 is 9.47 Å². The Balaban J connectivity index is 1.99. The van der Waals surface area contributed by atoms with Crippen LogP contribution in [0.3, 0.4) is 0 Å². The van der Waals surface area contributed by atoms with E-state index >= 15 is 0 Å². The zero-order valence-electron chi connectivity index (χ0n) is 10.8. The first-order valence-corrected chi connectivity index (χ1v) is 6.59. The van der Waals surface area contributed by atoms with Crippen LogP contribution in [0.2, 0.25) is 0 Å². The molecule has 4 nitrogen and oxygen atoms in total. The summed E-state index contributed by atoms with van der Waals surface area (Å²) in [6, 6.07) is 5.29. The molecule has 0 radical (unpaired) electrons. The summed E-state index contributed by atoms with van der Waals surface area (Å²) in [5.41, 5.74) is -0.122. The predicted octanol–water partition coefficient (Wildman–Crippen LogP) is 1.64. The van der Waals surface area contributed by atoms with Gasteiger partial charge in [-0.1, -0.05) is 25.3 Å². The number of amides is 1. The third-order valence-electron chi connectivity index (χ3n) is 3.72. The topological polar surface area (TPSA) is 42.3 Å². The van der Waals surface area contributed by atoms with Gasteiger partial charge in [0.15, 0.2) is 0 Å². The molecule has 1 aromatic heterocycles. The summed E-state index contributed by atoms with van der Waals surface area (Å²) in [6.45, 7) is 0.146. The maximum absolute atomic E-state index is 12.1. The van der Waals surface area contributed by atoms with Gasteiger partial charge in [-0.25, -0.2) is 0 Å². The highest BCUT2D eigenvalue weighted by Gasteiger charge is 2.22. The summed E-state index contributed by atoms with van der Waals surface area (Å²) in [7, 11) is 1.85. The van der Waals surface area contributed by atoms with Crippen molar-refractivity contribution in [3.05, 3.63) is 34.7 Å². The molecule has 1 aliphatic carbocycles. The molecule has 0 spiro atoms. The lowest BCUT2D eigenvalue weighted by Gasteiger charge is -2.31. The first-order chi connectivity index (χ1) is 8.68. The molecule has 0 N–H and O–H groups in total. The third kappa shape index (κ3) is 3.00. The fraction of sp³-hybridized carbons (Fsp3) is 0.571. The molecule has 1 aliphatic rings. The van der Waals surface area contributed by atoms with Gasteiger partial charge in [-0.3, -0.25) is 9.59 Å². The van der Waals surface area contributed by atoms with Crippen LogP contribution in [0.5, 0.6) is 0 Å². The largest absolute Gasteiger partial charge is 0.341 e. The number of carbonyl (C=O) groups excluding carboxylic acids is 1. The molecule has 0 aromatic carbocycles. The monoisotopic (exact) mass is 248 g/mol. The normalized spacial score (nSPS) is 16.5. The molecule has 1 aromatic rings. The van der Waals surface area contributed by atoms with E-state index in [9.17, 15) is 9.59 Å². The lowest BCUT2D eigenvalue weighted by atomic mass is 9.94. The Hall–Kier alpha value is -1.58. The van der Waals surface area contributed by atoms with E-state index < -0.39 is 0 Å². The summed E-state index contributed by atoms with van der Waals surface area (Å²) in [5, 5.41) is 0. The van der Waals surface area contributed by atoms with E-state index in [1.54, 1.807) is 18.3 Å². The number of aromatic nitrogens is 1. The molecule has 1 saturated carbocycles.